The Morgan fingerprint density at radius 1 is 1.06 bits per heavy atom. The van der Waals surface area contributed by atoms with Gasteiger partial charge < -0.3 is 9.47 Å². The Morgan fingerprint density at radius 3 is 2.34 bits per heavy atom. The summed E-state index contributed by atoms with van der Waals surface area (Å²) in [5.41, 5.74) is -4.37. The van der Waals surface area contributed by atoms with Gasteiger partial charge in [-0.05, 0) is 17.7 Å². The largest absolute Gasteiger partial charge is 0.486 e. The Labute approximate surface area is 176 Å². The lowest BCUT2D eigenvalue weighted by Gasteiger charge is -2.20. The topological polar surface area (TPSA) is 61.6 Å². The van der Waals surface area contributed by atoms with Gasteiger partial charge in [0.1, 0.15) is 24.6 Å². The lowest BCUT2D eigenvalue weighted by Crippen LogP contribution is -2.27. The van der Waals surface area contributed by atoms with E-state index in [2.05, 4.69) is 5.10 Å². The predicted octanol–water partition coefficient (Wildman–Crippen LogP) is 4.05. The third-order valence-electron chi connectivity index (χ3n) is 4.70. The van der Waals surface area contributed by atoms with Crippen LogP contribution in [0.3, 0.4) is 0 Å². The molecule has 6 nitrogen and oxygen atoms in total. The standard InChI is InChI=1S/C20H15F6N3O3/c21-19(22,23)13-6-15(20(24,25)26)17(32-9-12-4-2-1-3-5-12)16(7-13)28-11-27-29(18(28)30)8-14-10-31-14/h1-7,11,14H,8-10H2. The number of benzene rings is 2. The molecule has 1 aliphatic heterocycles. The number of hydrogen-bond acceptors (Lipinski definition) is 4. The number of halogens is 6. The smallest absolute Gasteiger partial charge is 0.420 e. The van der Waals surface area contributed by atoms with E-state index in [1.807, 2.05) is 0 Å². The number of alkyl halides is 6. The molecule has 12 heteroatoms. The Hall–Kier alpha value is -3.28. The molecule has 1 atom stereocenters. The van der Waals surface area contributed by atoms with Crippen molar-refractivity contribution >= 4 is 0 Å². The second kappa shape index (κ2) is 8.01. The van der Waals surface area contributed by atoms with Gasteiger partial charge in [-0.15, -0.1) is 0 Å². The third kappa shape index (κ3) is 4.64. The fourth-order valence-electron chi connectivity index (χ4n) is 3.04. The zero-order valence-corrected chi connectivity index (χ0v) is 16.2. The molecule has 2 heterocycles. The van der Waals surface area contributed by atoms with Gasteiger partial charge >= 0.3 is 18.0 Å². The lowest BCUT2D eigenvalue weighted by atomic mass is 10.1. The fourth-order valence-corrected chi connectivity index (χ4v) is 3.04. The molecule has 170 valence electrons. The van der Waals surface area contributed by atoms with E-state index < -0.39 is 40.6 Å². The molecule has 3 aromatic rings. The van der Waals surface area contributed by atoms with Gasteiger partial charge in [0, 0.05) is 0 Å². The molecule has 1 unspecified atom stereocenters. The van der Waals surface area contributed by atoms with Gasteiger partial charge in [-0.3, -0.25) is 0 Å². The van der Waals surface area contributed by atoms with Crippen molar-refractivity contribution in [1.29, 1.82) is 0 Å². The molecule has 2 aromatic carbocycles. The van der Waals surface area contributed by atoms with E-state index in [1.165, 1.54) is 0 Å². The SMILES string of the molecule is O=c1n(-c2cc(C(F)(F)F)cc(C(F)(F)F)c2OCc2ccccc2)cnn1CC1CO1. The lowest BCUT2D eigenvalue weighted by molar-refractivity contribution is -0.144. The first-order valence-corrected chi connectivity index (χ1v) is 9.29. The van der Waals surface area contributed by atoms with E-state index in [-0.39, 0.29) is 25.3 Å². The van der Waals surface area contributed by atoms with Crippen molar-refractivity contribution in [3.05, 3.63) is 76.0 Å². The van der Waals surface area contributed by atoms with Crippen molar-refractivity contribution in [3.63, 3.8) is 0 Å². The third-order valence-corrected chi connectivity index (χ3v) is 4.70. The Kier molecular flexibility index (Phi) is 5.49. The predicted molar refractivity (Wildman–Crippen MR) is 98.3 cm³/mol. The van der Waals surface area contributed by atoms with Crippen molar-refractivity contribution in [2.24, 2.45) is 0 Å². The number of hydrogen-bond donors (Lipinski definition) is 0. The van der Waals surface area contributed by atoms with Crippen molar-refractivity contribution in [3.8, 4) is 11.4 Å². The molecule has 0 spiro atoms. The number of nitrogens with zero attached hydrogens (tertiary/aromatic N) is 3. The van der Waals surface area contributed by atoms with E-state index in [9.17, 15) is 31.1 Å². The summed E-state index contributed by atoms with van der Waals surface area (Å²) in [6.45, 7) is 0.0464. The van der Waals surface area contributed by atoms with Gasteiger partial charge in [0.15, 0.2) is 5.75 Å². The van der Waals surface area contributed by atoms with Gasteiger partial charge in [0.2, 0.25) is 0 Å². The molecule has 1 aliphatic rings. The maximum absolute atomic E-state index is 13.8. The highest BCUT2D eigenvalue weighted by Crippen LogP contribution is 2.44. The average Bonchev–Trinajstić information content (AvgIpc) is 3.47. The Bertz CT molecular complexity index is 1160. The van der Waals surface area contributed by atoms with Crippen molar-refractivity contribution < 1.29 is 35.8 Å². The number of rotatable bonds is 6. The monoisotopic (exact) mass is 459 g/mol. The highest BCUT2D eigenvalue weighted by atomic mass is 19.4. The Morgan fingerprint density at radius 2 is 1.75 bits per heavy atom. The van der Waals surface area contributed by atoms with Crippen LogP contribution in [0.15, 0.2) is 53.6 Å². The van der Waals surface area contributed by atoms with Crippen LogP contribution in [-0.4, -0.2) is 27.1 Å². The molecular weight excluding hydrogens is 444 g/mol. The van der Waals surface area contributed by atoms with E-state index in [0.717, 1.165) is 11.0 Å². The first-order chi connectivity index (χ1) is 15.0. The van der Waals surface area contributed by atoms with Crippen LogP contribution in [-0.2, 0) is 30.2 Å². The summed E-state index contributed by atoms with van der Waals surface area (Å²) in [7, 11) is 0. The van der Waals surface area contributed by atoms with E-state index in [0.29, 0.717) is 22.8 Å². The van der Waals surface area contributed by atoms with Gasteiger partial charge in [-0.1, -0.05) is 30.3 Å². The minimum atomic E-state index is -5.18. The fraction of sp³-hybridized carbons (Fsp3) is 0.300. The van der Waals surface area contributed by atoms with Crippen LogP contribution in [0.25, 0.3) is 5.69 Å². The molecule has 0 saturated carbocycles. The molecule has 0 radical (unpaired) electrons. The minimum Gasteiger partial charge on any atom is -0.486 e. The number of ether oxygens (including phenoxy) is 2. The van der Waals surface area contributed by atoms with Crippen LogP contribution in [0.5, 0.6) is 5.75 Å². The molecule has 4 rings (SSSR count). The normalized spacial score (nSPS) is 16.2. The van der Waals surface area contributed by atoms with E-state index in [1.54, 1.807) is 30.3 Å². The summed E-state index contributed by atoms with van der Waals surface area (Å²) >= 11 is 0. The highest BCUT2D eigenvalue weighted by Gasteiger charge is 2.41. The van der Waals surface area contributed by atoms with Crippen LogP contribution in [0.4, 0.5) is 26.3 Å². The summed E-state index contributed by atoms with van der Waals surface area (Å²) in [6.07, 6.45) is -9.69. The van der Waals surface area contributed by atoms with Gasteiger partial charge in [0.25, 0.3) is 0 Å². The average molecular weight is 459 g/mol. The van der Waals surface area contributed by atoms with Gasteiger partial charge in [0.05, 0.1) is 24.4 Å². The van der Waals surface area contributed by atoms with E-state index in [4.69, 9.17) is 9.47 Å². The summed E-state index contributed by atoms with van der Waals surface area (Å²) in [6, 6.07) is 8.52. The van der Waals surface area contributed by atoms with Crippen molar-refractivity contribution in [1.82, 2.24) is 14.3 Å². The van der Waals surface area contributed by atoms with Crippen LogP contribution in [0, 0.1) is 0 Å². The zero-order chi connectivity index (χ0) is 23.1. The minimum absolute atomic E-state index is 0.0249. The first kappa shape index (κ1) is 21.9. The molecule has 32 heavy (non-hydrogen) atoms. The van der Waals surface area contributed by atoms with Crippen LogP contribution in [0.1, 0.15) is 16.7 Å². The quantitative estimate of drug-likeness (QED) is 0.412. The molecule has 0 aliphatic carbocycles. The number of aromatic nitrogens is 3. The van der Waals surface area contributed by atoms with Crippen LogP contribution in [0.2, 0.25) is 0 Å². The second-order valence-electron chi connectivity index (χ2n) is 7.06. The van der Waals surface area contributed by atoms with Crippen LogP contribution < -0.4 is 10.4 Å². The molecule has 1 saturated heterocycles. The summed E-state index contributed by atoms with van der Waals surface area (Å²) in [4.78, 5) is 12.7. The Balaban J connectivity index is 1.87. The number of epoxide rings is 1. The van der Waals surface area contributed by atoms with Crippen molar-refractivity contribution in [2.75, 3.05) is 6.61 Å². The molecular formula is C20H15F6N3O3. The molecule has 0 amide bonds. The maximum Gasteiger partial charge on any atom is 0.420 e. The summed E-state index contributed by atoms with van der Waals surface area (Å²) < 4.78 is 93.3. The molecule has 1 aromatic heterocycles. The summed E-state index contributed by atoms with van der Waals surface area (Å²) in [5, 5.41) is 3.78. The molecule has 1 fully saturated rings. The van der Waals surface area contributed by atoms with E-state index >= 15 is 0 Å². The second-order valence-corrected chi connectivity index (χ2v) is 7.06. The summed E-state index contributed by atoms with van der Waals surface area (Å²) in [5.74, 6) is -0.904. The first-order valence-electron chi connectivity index (χ1n) is 9.29. The van der Waals surface area contributed by atoms with Crippen LogP contribution >= 0.6 is 0 Å². The van der Waals surface area contributed by atoms with Gasteiger partial charge in [-0.25, -0.2) is 14.0 Å². The zero-order valence-electron chi connectivity index (χ0n) is 16.2. The molecule has 0 bridgehead atoms. The van der Waals surface area contributed by atoms with Crippen molar-refractivity contribution in [2.45, 2.75) is 31.6 Å². The molecule has 0 N–H and O–H groups in total. The highest BCUT2D eigenvalue weighted by molar-refractivity contribution is 5.56. The van der Waals surface area contributed by atoms with Gasteiger partial charge in [-0.2, -0.15) is 31.4 Å². The maximum atomic E-state index is 13.8.